The molecule has 1 aliphatic heterocycles. The van der Waals surface area contributed by atoms with Gasteiger partial charge in [0.1, 0.15) is 0 Å². The third kappa shape index (κ3) is 4.64. The van der Waals surface area contributed by atoms with Gasteiger partial charge < -0.3 is 14.1 Å². The van der Waals surface area contributed by atoms with E-state index in [9.17, 15) is 0 Å². The number of hydrogen-bond donors (Lipinski definition) is 0. The SMILES string of the molecule is CN(CC1COCCC[Si](C)(C)O1)c1ccccc1. The third-order valence-electron chi connectivity index (χ3n) is 3.53. The number of anilines is 1. The van der Waals surface area contributed by atoms with E-state index in [4.69, 9.17) is 9.16 Å². The predicted octanol–water partition coefficient (Wildman–Crippen LogP) is 3.13. The topological polar surface area (TPSA) is 21.7 Å². The molecule has 2 rings (SSSR count). The quantitative estimate of drug-likeness (QED) is 0.794. The zero-order valence-corrected chi connectivity index (χ0v) is 13.3. The minimum atomic E-state index is -1.51. The summed E-state index contributed by atoms with van der Waals surface area (Å²) in [6.07, 6.45) is 1.33. The summed E-state index contributed by atoms with van der Waals surface area (Å²) in [5.74, 6) is 0. The van der Waals surface area contributed by atoms with E-state index in [0.29, 0.717) is 6.61 Å². The molecular weight excluding hydrogens is 254 g/mol. The Labute approximate surface area is 117 Å². The van der Waals surface area contributed by atoms with Crippen LogP contribution in [-0.2, 0) is 9.16 Å². The van der Waals surface area contributed by atoms with Crippen LogP contribution in [0.1, 0.15) is 6.42 Å². The van der Waals surface area contributed by atoms with Gasteiger partial charge in [-0.05, 0) is 37.7 Å². The van der Waals surface area contributed by atoms with Crippen LogP contribution in [0.3, 0.4) is 0 Å². The average molecular weight is 279 g/mol. The van der Waals surface area contributed by atoms with Gasteiger partial charge in [-0.25, -0.2) is 0 Å². The maximum atomic E-state index is 6.34. The molecule has 106 valence electrons. The summed E-state index contributed by atoms with van der Waals surface area (Å²) < 4.78 is 12.0. The average Bonchev–Trinajstić information content (AvgIpc) is 2.36. The van der Waals surface area contributed by atoms with Crippen LogP contribution in [0.4, 0.5) is 5.69 Å². The molecule has 0 aromatic heterocycles. The Morgan fingerprint density at radius 3 is 2.74 bits per heavy atom. The van der Waals surface area contributed by atoms with Crippen LogP contribution in [0.15, 0.2) is 30.3 Å². The van der Waals surface area contributed by atoms with Crippen molar-refractivity contribution in [1.82, 2.24) is 0 Å². The Hall–Kier alpha value is -0.843. The summed E-state index contributed by atoms with van der Waals surface area (Å²) in [5.41, 5.74) is 1.23. The lowest BCUT2D eigenvalue weighted by Gasteiger charge is -2.34. The second kappa shape index (κ2) is 6.55. The molecule has 1 aromatic carbocycles. The van der Waals surface area contributed by atoms with Crippen LogP contribution in [0.2, 0.25) is 19.1 Å². The number of likely N-dealkylation sites (N-methyl/N-ethyl adjacent to an activating group) is 1. The molecule has 1 fully saturated rings. The highest BCUT2D eigenvalue weighted by Crippen LogP contribution is 2.20. The van der Waals surface area contributed by atoms with Gasteiger partial charge in [-0.1, -0.05) is 18.2 Å². The zero-order chi connectivity index (χ0) is 13.7. The molecule has 0 amide bonds. The largest absolute Gasteiger partial charge is 0.410 e. The molecule has 1 saturated heterocycles. The van der Waals surface area contributed by atoms with Crippen molar-refractivity contribution in [3.05, 3.63) is 30.3 Å². The van der Waals surface area contributed by atoms with Crippen molar-refractivity contribution >= 4 is 14.0 Å². The van der Waals surface area contributed by atoms with E-state index in [0.717, 1.165) is 19.6 Å². The molecule has 0 N–H and O–H groups in total. The van der Waals surface area contributed by atoms with Crippen molar-refractivity contribution in [2.75, 3.05) is 31.7 Å². The van der Waals surface area contributed by atoms with Gasteiger partial charge in [-0.2, -0.15) is 0 Å². The molecule has 1 aromatic rings. The van der Waals surface area contributed by atoms with E-state index in [1.165, 1.54) is 11.7 Å². The lowest BCUT2D eigenvalue weighted by Crippen LogP contribution is -2.44. The second-order valence-electron chi connectivity index (χ2n) is 5.89. The number of rotatable bonds is 3. The molecule has 0 bridgehead atoms. The fourth-order valence-corrected chi connectivity index (χ4v) is 4.70. The van der Waals surface area contributed by atoms with Gasteiger partial charge in [0.15, 0.2) is 8.32 Å². The Kier molecular flexibility index (Phi) is 5.02. The summed E-state index contributed by atoms with van der Waals surface area (Å²) in [6.45, 7) is 7.11. The number of ether oxygens (including phenoxy) is 1. The van der Waals surface area contributed by atoms with Crippen LogP contribution >= 0.6 is 0 Å². The number of para-hydroxylation sites is 1. The zero-order valence-electron chi connectivity index (χ0n) is 12.3. The molecule has 1 unspecified atom stereocenters. The van der Waals surface area contributed by atoms with Crippen LogP contribution in [-0.4, -0.2) is 41.2 Å². The lowest BCUT2D eigenvalue weighted by molar-refractivity contribution is 0.0394. The predicted molar refractivity (Wildman–Crippen MR) is 82.3 cm³/mol. The van der Waals surface area contributed by atoms with Crippen LogP contribution in [0.5, 0.6) is 0 Å². The monoisotopic (exact) mass is 279 g/mol. The fraction of sp³-hybridized carbons (Fsp3) is 0.600. The van der Waals surface area contributed by atoms with Crippen molar-refractivity contribution in [2.24, 2.45) is 0 Å². The fourth-order valence-electron chi connectivity index (χ4n) is 2.54. The lowest BCUT2D eigenvalue weighted by atomic mass is 10.2. The molecule has 3 nitrogen and oxygen atoms in total. The summed E-state index contributed by atoms with van der Waals surface area (Å²) >= 11 is 0. The third-order valence-corrected chi connectivity index (χ3v) is 6.06. The molecule has 4 heteroatoms. The van der Waals surface area contributed by atoms with Gasteiger partial charge in [-0.15, -0.1) is 0 Å². The van der Waals surface area contributed by atoms with E-state index < -0.39 is 8.32 Å². The summed E-state index contributed by atoms with van der Waals surface area (Å²) in [6, 6.07) is 11.6. The van der Waals surface area contributed by atoms with E-state index in [1.54, 1.807) is 0 Å². The molecule has 19 heavy (non-hydrogen) atoms. The first-order valence-corrected chi connectivity index (χ1v) is 10.2. The molecule has 0 saturated carbocycles. The van der Waals surface area contributed by atoms with Crippen molar-refractivity contribution in [1.29, 1.82) is 0 Å². The van der Waals surface area contributed by atoms with Gasteiger partial charge in [0.05, 0.1) is 12.7 Å². The number of benzene rings is 1. The molecule has 0 spiro atoms. The minimum Gasteiger partial charge on any atom is -0.410 e. The first-order chi connectivity index (χ1) is 9.07. The number of nitrogens with zero attached hydrogens (tertiary/aromatic N) is 1. The van der Waals surface area contributed by atoms with Gasteiger partial charge in [0.25, 0.3) is 0 Å². The summed E-state index contributed by atoms with van der Waals surface area (Å²) in [7, 11) is 0.607. The standard InChI is InChI=1S/C15H25NO2Si/c1-16(14-8-5-4-6-9-14)12-15-13-17-10-7-11-19(2,3)18-15/h4-6,8-9,15H,7,10-13H2,1-3H3. The van der Waals surface area contributed by atoms with Gasteiger partial charge in [0.2, 0.25) is 0 Å². The highest BCUT2D eigenvalue weighted by Gasteiger charge is 2.28. The minimum absolute atomic E-state index is 0.187. The van der Waals surface area contributed by atoms with E-state index in [2.05, 4.69) is 49.3 Å². The van der Waals surface area contributed by atoms with Crippen molar-refractivity contribution in [3.63, 3.8) is 0 Å². The maximum Gasteiger partial charge on any atom is 0.187 e. The molecule has 1 atom stereocenters. The Morgan fingerprint density at radius 1 is 1.26 bits per heavy atom. The van der Waals surface area contributed by atoms with Gasteiger partial charge in [-0.3, -0.25) is 0 Å². The van der Waals surface area contributed by atoms with E-state index in [-0.39, 0.29) is 6.10 Å². The summed E-state index contributed by atoms with van der Waals surface area (Å²) in [5, 5.41) is 0. The van der Waals surface area contributed by atoms with Crippen molar-refractivity contribution in [3.8, 4) is 0 Å². The second-order valence-corrected chi connectivity index (χ2v) is 10.1. The van der Waals surface area contributed by atoms with Crippen LogP contribution in [0, 0.1) is 0 Å². The summed E-state index contributed by atoms with van der Waals surface area (Å²) in [4.78, 5) is 2.25. The first kappa shape index (κ1) is 14.6. The van der Waals surface area contributed by atoms with Crippen molar-refractivity contribution in [2.45, 2.75) is 31.7 Å². The van der Waals surface area contributed by atoms with E-state index >= 15 is 0 Å². The van der Waals surface area contributed by atoms with Crippen molar-refractivity contribution < 1.29 is 9.16 Å². The first-order valence-electron chi connectivity index (χ1n) is 7.08. The van der Waals surface area contributed by atoms with Gasteiger partial charge >= 0.3 is 0 Å². The normalized spacial score (nSPS) is 23.4. The van der Waals surface area contributed by atoms with Crippen LogP contribution < -0.4 is 4.90 Å². The molecule has 0 radical (unpaired) electrons. The maximum absolute atomic E-state index is 6.34. The molecule has 1 heterocycles. The highest BCUT2D eigenvalue weighted by molar-refractivity contribution is 6.71. The Balaban J connectivity index is 1.96. The smallest absolute Gasteiger partial charge is 0.187 e. The highest BCUT2D eigenvalue weighted by atomic mass is 28.4. The van der Waals surface area contributed by atoms with E-state index in [1.807, 2.05) is 6.07 Å². The Bertz CT molecular complexity index is 383. The van der Waals surface area contributed by atoms with Gasteiger partial charge in [0, 0.05) is 25.9 Å². The number of hydrogen-bond acceptors (Lipinski definition) is 3. The molecular formula is C15H25NO2Si. The molecule has 0 aliphatic carbocycles. The molecule has 1 aliphatic rings. The van der Waals surface area contributed by atoms with Crippen LogP contribution in [0.25, 0.3) is 0 Å². The Morgan fingerprint density at radius 2 is 2.00 bits per heavy atom.